The van der Waals surface area contributed by atoms with Gasteiger partial charge in [0.2, 0.25) is 0 Å². The number of aliphatic hydroxyl groups excluding tert-OH is 2. The molecule has 0 aliphatic heterocycles. The molecule has 0 spiro atoms. The molecule has 0 amide bonds. The molecule has 0 radical (unpaired) electrons. The number of hydrogen-bond donors (Lipinski definition) is 2. The summed E-state index contributed by atoms with van der Waals surface area (Å²) in [6.07, 6.45) is 1.30. The van der Waals surface area contributed by atoms with Gasteiger partial charge in [0.1, 0.15) is 12.7 Å². The molecule has 0 aromatic rings. The van der Waals surface area contributed by atoms with E-state index in [0.29, 0.717) is 0 Å². The third kappa shape index (κ3) is 5.04. The molecule has 3 nitrogen and oxygen atoms in total. The van der Waals surface area contributed by atoms with Gasteiger partial charge in [0.25, 0.3) is 0 Å². The second kappa shape index (κ2) is 4.52. The van der Waals surface area contributed by atoms with Gasteiger partial charge in [-0.25, -0.2) is 0 Å². The van der Waals surface area contributed by atoms with E-state index in [4.69, 9.17) is 10.2 Å². The quantitative estimate of drug-likeness (QED) is 0.487. The normalized spacial score (nSPS) is 13.5. The van der Waals surface area contributed by atoms with E-state index in [1.165, 1.54) is 0 Å². The van der Waals surface area contributed by atoms with Crippen LogP contribution in [0.3, 0.4) is 0 Å². The van der Waals surface area contributed by atoms with Crippen molar-refractivity contribution in [3.05, 3.63) is 0 Å². The maximum absolute atomic E-state index is 9.06. The van der Waals surface area contributed by atoms with Gasteiger partial charge in [0.15, 0.2) is 12.7 Å². The number of rotatable bonds is 5. The largest absolute Gasteiger partial charge is 0.362 e. The molecule has 0 fully saturated rings. The molecule has 2 N–H and O–H groups in total. The van der Waals surface area contributed by atoms with E-state index in [-0.39, 0.29) is 12.7 Å². The topological polar surface area (TPSA) is 40.5 Å². The Hall–Kier alpha value is 0.310. The Bertz CT molecular complexity index is 130. The van der Waals surface area contributed by atoms with Crippen LogP contribution >= 0.6 is 7.26 Å². The first-order valence-electron chi connectivity index (χ1n) is 4.19. The van der Waals surface area contributed by atoms with Crippen molar-refractivity contribution in [1.82, 2.24) is 0 Å². The summed E-state index contributed by atoms with van der Waals surface area (Å²) in [7, 11) is 4.94. The predicted octanol–water partition coefficient (Wildman–Crippen LogP) is 0.240. The minimum absolute atomic E-state index is 0.170. The molecule has 0 unspecified atom stereocenters. The third-order valence-electron chi connectivity index (χ3n) is 1.99. The van der Waals surface area contributed by atoms with Gasteiger partial charge in [-0.1, -0.05) is 0 Å². The molecule has 0 aromatic carbocycles. The van der Waals surface area contributed by atoms with Crippen LogP contribution in [0.25, 0.3) is 0 Å². The van der Waals surface area contributed by atoms with Gasteiger partial charge < -0.3 is 14.7 Å². The van der Waals surface area contributed by atoms with Crippen LogP contribution in [0.1, 0.15) is 0 Å². The predicted molar refractivity (Wildman–Crippen MR) is 54.8 cm³/mol. The fraction of sp³-hybridized carbons (Fsp3) is 1.00. The molecule has 0 bridgehead atoms. The summed E-state index contributed by atoms with van der Waals surface area (Å²) < 4.78 is 0.898. The van der Waals surface area contributed by atoms with E-state index in [1.807, 2.05) is 6.66 Å². The smallest absolute Gasteiger partial charge is 0.156 e. The molecule has 0 heterocycles. The van der Waals surface area contributed by atoms with E-state index in [2.05, 4.69) is 21.1 Å². The number of aliphatic hydroxyl groups is 2. The summed E-state index contributed by atoms with van der Waals surface area (Å²) in [5, 5.41) is 18.1. The van der Waals surface area contributed by atoms with Crippen molar-refractivity contribution in [2.75, 3.05) is 53.2 Å². The molecule has 0 saturated carbocycles. The van der Waals surface area contributed by atoms with Gasteiger partial charge >= 0.3 is 0 Å². The van der Waals surface area contributed by atoms with E-state index in [0.717, 1.165) is 17.2 Å². The highest BCUT2D eigenvalue weighted by molar-refractivity contribution is 7.74. The van der Waals surface area contributed by atoms with Crippen LogP contribution in [-0.4, -0.2) is 67.9 Å². The van der Waals surface area contributed by atoms with Crippen LogP contribution in [0.2, 0.25) is 0 Å². The SMILES string of the molecule is C[N+](C)(C)CC[P+](C)(CO)CO. The molecule has 0 rings (SSSR count). The number of quaternary nitrogens is 1. The lowest BCUT2D eigenvalue weighted by molar-refractivity contribution is -0.867. The Morgan fingerprint density at radius 3 is 1.75 bits per heavy atom. The summed E-state index contributed by atoms with van der Waals surface area (Å²) in [5.74, 6) is 0. The first kappa shape index (κ1) is 12.3. The van der Waals surface area contributed by atoms with E-state index in [1.54, 1.807) is 0 Å². The van der Waals surface area contributed by atoms with Gasteiger partial charge in [-0.3, -0.25) is 0 Å². The highest BCUT2D eigenvalue weighted by atomic mass is 31.2. The van der Waals surface area contributed by atoms with Crippen LogP contribution < -0.4 is 0 Å². The van der Waals surface area contributed by atoms with Crippen LogP contribution in [0.15, 0.2) is 0 Å². The van der Waals surface area contributed by atoms with Crippen LogP contribution in [0.4, 0.5) is 0 Å². The van der Waals surface area contributed by atoms with Gasteiger partial charge in [0, 0.05) is 0 Å². The fourth-order valence-electron chi connectivity index (χ4n) is 0.728. The monoisotopic (exact) mass is 195 g/mol. The zero-order chi connectivity index (χ0) is 9.83. The lowest BCUT2D eigenvalue weighted by Gasteiger charge is -2.26. The van der Waals surface area contributed by atoms with E-state index < -0.39 is 7.26 Å². The third-order valence-corrected chi connectivity index (χ3v) is 4.64. The summed E-state index contributed by atoms with van der Waals surface area (Å²) in [4.78, 5) is 0. The number of nitrogens with zero attached hydrogens (tertiary/aromatic N) is 1. The lowest BCUT2D eigenvalue weighted by atomic mass is 10.6. The second-order valence-corrected chi connectivity index (χ2v) is 8.89. The Morgan fingerprint density at radius 2 is 1.50 bits per heavy atom. The molecular formula is C8H22NO2P+2. The summed E-state index contributed by atoms with van der Waals surface area (Å²) >= 11 is 0. The molecule has 12 heavy (non-hydrogen) atoms. The molecular weight excluding hydrogens is 173 g/mol. The minimum Gasteiger partial charge on any atom is -0.362 e. The van der Waals surface area contributed by atoms with Crippen LogP contribution in [-0.2, 0) is 0 Å². The maximum Gasteiger partial charge on any atom is 0.156 e. The van der Waals surface area contributed by atoms with Crippen molar-refractivity contribution in [3.8, 4) is 0 Å². The Labute approximate surface area is 75.9 Å². The molecule has 0 saturated heterocycles. The average Bonchev–Trinajstić information content (AvgIpc) is 1.99. The van der Waals surface area contributed by atoms with Crippen LogP contribution in [0, 0.1) is 0 Å². The van der Waals surface area contributed by atoms with E-state index in [9.17, 15) is 0 Å². The molecule has 74 valence electrons. The fourth-order valence-corrected chi connectivity index (χ4v) is 2.18. The van der Waals surface area contributed by atoms with Gasteiger partial charge in [-0.15, -0.1) is 0 Å². The van der Waals surface area contributed by atoms with Crippen LogP contribution in [0.5, 0.6) is 0 Å². The standard InChI is InChI=1S/C8H22NO2P/c1-9(2,3)5-6-12(4,7-10)8-11/h10-11H,5-8H2,1-4H3/q+2. The molecule has 0 atom stereocenters. The molecule has 0 aliphatic rings. The van der Waals surface area contributed by atoms with Crippen molar-refractivity contribution in [2.45, 2.75) is 0 Å². The average molecular weight is 195 g/mol. The summed E-state index contributed by atoms with van der Waals surface area (Å²) in [6, 6.07) is 0. The van der Waals surface area contributed by atoms with Gasteiger partial charge in [-0.2, -0.15) is 0 Å². The number of hydrogen-bond acceptors (Lipinski definition) is 2. The summed E-state index contributed by atoms with van der Waals surface area (Å²) in [5.41, 5.74) is 0. The molecule has 0 aromatic heterocycles. The van der Waals surface area contributed by atoms with Gasteiger partial charge in [-0.05, 0) is 0 Å². The van der Waals surface area contributed by atoms with Crippen molar-refractivity contribution in [3.63, 3.8) is 0 Å². The molecule has 4 heteroatoms. The summed E-state index contributed by atoms with van der Waals surface area (Å²) in [6.45, 7) is 3.04. The van der Waals surface area contributed by atoms with E-state index >= 15 is 0 Å². The Kier molecular flexibility index (Phi) is 4.64. The highest BCUT2D eigenvalue weighted by Gasteiger charge is 2.31. The highest BCUT2D eigenvalue weighted by Crippen LogP contribution is 2.52. The van der Waals surface area contributed by atoms with Crippen molar-refractivity contribution in [2.24, 2.45) is 0 Å². The van der Waals surface area contributed by atoms with Crippen molar-refractivity contribution < 1.29 is 14.7 Å². The van der Waals surface area contributed by atoms with Crippen molar-refractivity contribution in [1.29, 1.82) is 0 Å². The first-order valence-corrected chi connectivity index (χ1v) is 6.98. The first-order chi connectivity index (χ1) is 5.33. The molecule has 0 aliphatic carbocycles. The zero-order valence-electron chi connectivity index (χ0n) is 8.62. The minimum atomic E-state index is -1.43. The van der Waals surface area contributed by atoms with Crippen molar-refractivity contribution >= 4 is 7.26 Å². The zero-order valence-corrected chi connectivity index (χ0v) is 9.51. The second-order valence-electron chi connectivity index (χ2n) is 4.64. The lowest BCUT2D eigenvalue weighted by Crippen LogP contribution is -2.37. The Balaban J connectivity index is 3.89. The Morgan fingerprint density at radius 1 is 1.08 bits per heavy atom. The van der Waals surface area contributed by atoms with Gasteiger partial charge in [0.05, 0.1) is 35.1 Å². The maximum atomic E-state index is 9.06.